The molecule has 1 N–H and O–H groups in total. The highest BCUT2D eigenvalue weighted by Crippen LogP contribution is 2.29. The lowest BCUT2D eigenvalue weighted by atomic mass is 10.1. The maximum absolute atomic E-state index is 12.5. The van der Waals surface area contributed by atoms with Crippen LogP contribution < -0.4 is 0 Å². The van der Waals surface area contributed by atoms with Crippen molar-refractivity contribution in [1.29, 1.82) is 0 Å². The Morgan fingerprint density at radius 2 is 1.71 bits per heavy atom. The van der Waals surface area contributed by atoms with E-state index in [1.165, 1.54) is 24.4 Å². The minimum Gasteiger partial charge on any atom is -0.506 e. The Bertz CT molecular complexity index is 778. The Hall–Kier alpha value is -2.57. The van der Waals surface area contributed by atoms with Crippen molar-refractivity contribution >= 4 is 5.65 Å². The van der Waals surface area contributed by atoms with Crippen LogP contribution in [0, 0.1) is 0 Å². The summed E-state index contributed by atoms with van der Waals surface area (Å²) in [6.07, 6.45) is -2.55. The lowest BCUT2D eigenvalue weighted by Gasteiger charge is -2.07. The summed E-state index contributed by atoms with van der Waals surface area (Å²) in [7, 11) is 0. The summed E-state index contributed by atoms with van der Waals surface area (Å²) in [4.78, 5) is 0. The minimum absolute atomic E-state index is 0.0657. The van der Waals surface area contributed by atoms with Crippen LogP contribution in [-0.2, 0) is 12.6 Å². The van der Waals surface area contributed by atoms with E-state index in [1.807, 2.05) is 0 Å². The molecule has 108 valence electrons. The van der Waals surface area contributed by atoms with Gasteiger partial charge in [-0.2, -0.15) is 13.2 Å². The van der Waals surface area contributed by atoms with E-state index in [-0.39, 0.29) is 5.75 Å². The standard InChI is InChI=1S/C14H10F3N3O/c15-14(16,17)10-3-1-9(2-4-10)7-13-19-18-12-6-5-11(21)8-20(12)13/h1-6,8,21H,7H2. The fourth-order valence-electron chi connectivity index (χ4n) is 2.04. The normalized spacial score (nSPS) is 12.0. The Kier molecular flexibility index (Phi) is 3.04. The minimum atomic E-state index is -4.34. The maximum atomic E-state index is 12.5. The summed E-state index contributed by atoms with van der Waals surface area (Å²) in [5, 5.41) is 17.4. The predicted octanol–water partition coefficient (Wildman–Crippen LogP) is 3.04. The Balaban J connectivity index is 1.90. The quantitative estimate of drug-likeness (QED) is 0.790. The summed E-state index contributed by atoms with van der Waals surface area (Å²) in [5.41, 5.74) is 0.561. The fourth-order valence-corrected chi connectivity index (χ4v) is 2.04. The summed E-state index contributed by atoms with van der Waals surface area (Å²) >= 11 is 0. The molecule has 0 saturated carbocycles. The molecule has 3 aromatic rings. The number of alkyl halides is 3. The SMILES string of the molecule is Oc1ccc2nnc(Cc3ccc(C(F)(F)F)cc3)n2c1. The molecule has 0 saturated heterocycles. The number of fused-ring (bicyclic) bond motifs is 1. The highest BCUT2D eigenvalue weighted by Gasteiger charge is 2.29. The molecule has 2 aromatic heterocycles. The zero-order chi connectivity index (χ0) is 15.0. The predicted molar refractivity (Wildman–Crippen MR) is 68.9 cm³/mol. The highest BCUT2D eigenvalue weighted by molar-refractivity contribution is 5.41. The monoisotopic (exact) mass is 293 g/mol. The van der Waals surface area contributed by atoms with Gasteiger partial charge in [0.05, 0.1) is 11.8 Å². The van der Waals surface area contributed by atoms with Gasteiger partial charge in [0.2, 0.25) is 0 Å². The second-order valence-electron chi connectivity index (χ2n) is 4.60. The van der Waals surface area contributed by atoms with Gasteiger partial charge in [0.15, 0.2) is 5.65 Å². The van der Waals surface area contributed by atoms with Crippen molar-refractivity contribution in [3.63, 3.8) is 0 Å². The molecule has 0 aliphatic rings. The molecule has 0 atom stereocenters. The van der Waals surface area contributed by atoms with Gasteiger partial charge >= 0.3 is 6.18 Å². The number of hydrogen-bond acceptors (Lipinski definition) is 3. The van der Waals surface area contributed by atoms with E-state index in [1.54, 1.807) is 10.5 Å². The molecule has 0 radical (unpaired) electrons. The van der Waals surface area contributed by atoms with Gasteiger partial charge in [-0.15, -0.1) is 10.2 Å². The van der Waals surface area contributed by atoms with Crippen molar-refractivity contribution in [3.05, 3.63) is 59.5 Å². The van der Waals surface area contributed by atoms with Crippen molar-refractivity contribution in [3.8, 4) is 5.75 Å². The van der Waals surface area contributed by atoms with Crippen LogP contribution in [0.15, 0.2) is 42.6 Å². The van der Waals surface area contributed by atoms with Crippen LogP contribution in [0.4, 0.5) is 13.2 Å². The molecule has 2 heterocycles. The van der Waals surface area contributed by atoms with Crippen molar-refractivity contribution in [2.45, 2.75) is 12.6 Å². The average molecular weight is 293 g/mol. The van der Waals surface area contributed by atoms with Crippen LogP contribution in [-0.4, -0.2) is 19.7 Å². The highest BCUT2D eigenvalue weighted by atomic mass is 19.4. The van der Waals surface area contributed by atoms with E-state index < -0.39 is 11.7 Å². The number of hydrogen-bond donors (Lipinski definition) is 1. The average Bonchev–Trinajstić information content (AvgIpc) is 2.81. The summed E-state index contributed by atoms with van der Waals surface area (Å²) in [6, 6.07) is 8.00. The van der Waals surface area contributed by atoms with Crippen molar-refractivity contribution < 1.29 is 18.3 Å². The smallest absolute Gasteiger partial charge is 0.416 e. The van der Waals surface area contributed by atoms with E-state index >= 15 is 0 Å². The van der Waals surface area contributed by atoms with E-state index in [2.05, 4.69) is 10.2 Å². The number of aromatic hydroxyl groups is 1. The third-order valence-corrected chi connectivity index (χ3v) is 3.10. The second kappa shape index (κ2) is 4.76. The van der Waals surface area contributed by atoms with Gasteiger partial charge in [-0.3, -0.25) is 4.40 Å². The van der Waals surface area contributed by atoms with E-state index in [0.29, 0.717) is 23.5 Å². The lowest BCUT2D eigenvalue weighted by Crippen LogP contribution is -2.05. The molecular formula is C14H10F3N3O. The van der Waals surface area contributed by atoms with Crippen LogP contribution in [0.5, 0.6) is 5.75 Å². The van der Waals surface area contributed by atoms with Gasteiger partial charge in [-0.1, -0.05) is 12.1 Å². The Morgan fingerprint density at radius 1 is 1.00 bits per heavy atom. The van der Waals surface area contributed by atoms with Gasteiger partial charge in [0, 0.05) is 6.42 Å². The first kappa shape index (κ1) is 13.4. The molecule has 0 fully saturated rings. The third kappa shape index (κ3) is 2.67. The first-order valence-corrected chi connectivity index (χ1v) is 6.12. The fraction of sp³-hybridized carbons (Fsp3) is 0.143. The molecular weight excluding hydrogens is 283 g/mol. The van der Waals surface area contributed by atoms with Crippen molar-refractivity contribution in [2.75, 3.05) is 0 Å². The number of pyridine rings is 1. The van der Waals surface area contributed by atoms with Crippen LogP contribution in [0.1, 0.15) is 17.0 Å². The molecule has 0 spiro atoms. The molecule has 7 heteroatoms. The number of nitrogens with zero attached hydrogens (tertiary/aromatic N) is 3. The van der Waals surface area contributed by atoms with Gasteiger partial charge < -0.3 is 5.11 Å². The topological polar surface area (TPSA) is 50.4 Å². The molecule has 0 unspecified atom stereocenters. The van der Waals surface area contributed by atoms with Gasteiger partial charge in [-0.05, 0) is 29.8 Å². The summed E-state index contributed by atoms with van der Waals surface area (Å²) < 4.78 is 39.1. The van der Waals surface area contributed by atoms with Gasteiger partial charge in [0.1, 0.15) is 11.6 Å². The number of benzene rings is 1. The number of rotatable bonds is 2. The zero-order valence-corrected chi connectivity index (χ0v) is 10.7. The molecule has 4 nitrogen and oxygen atoms in total. The molecule has 0 amide bonds. The Morgan fingerprint density at radius 3 is 2.38 bits per heavy atom. The maximum Gasteiger partial charge on any atom is 0.416 e. The largest absolute Gasteiger partial charge is 0.506 e. The van der Waals surface area contributed by atoms with E-state index in [0.717, 1.165) is 12.1 Å². The molecule has 21 heavy (non-hydrogen) atoms. The number of aromatic nitrogens is 3. The van der Waals surface area contributed by atoms with Gasteiger partial charge in [0.25, 0.3) is 0 Å². The second-order valence-corrected chi connectivity index (χ2v) is 4.60. The third-order valence-electron chi connectivity index (χ3n) is 3.10. The molecule has 3 rings (SSSR count). The van der Waals surface area contributed by atoms with Crippen molar-refractivity contribution in [2.24, 2.45) is 0 Å². The Labute approximate surface area is 117 Å². The van der Waals surface area contributed by atoms with E-state index in [9.17, 15) is 18.3 Å². The first-order chi connectivity index (χ1) is 9.93. The molecule has 0 bridgehead atoms. The summed E-state index contributed by atoms with van der Waals surface area (Å²) in [5.74, 6) is 0.608. The molecule has 1 aromatic carbocycles. The van der Waals surface area contributed by atoms with Crippen LogP contribution in [0.2, 0.25) is 0 Å². The van der Waals surface area contributed by atoms with Crippen molar-refractivity contribution in [1.82, 2.24) is 14.6 Å². The van der Waals surface area contributed by atoms with Crippen LogP contribution in [0.25, 0.3) is 5.65 Å². The molecule has 0 aliphatic carbocycles. The lowest BCUT2D eigenvalue weighted by molar-refractivity contribution is -0.137. The zero-order valence-electron chi connectivity index (χ0n) is 10.7. The van der Waals surface area contributed by atoms with E-state index in [4.69, 9.17) is 0 Å². The van der Waals surface area contributed by atoms with Crippen LogP contribution in [0.3, 0.4) is 0 Å². The number of halogens is 3. The van der Waals surface area contributed by atoms with Gasteiger partial charge in [-0.25, -0.2) is 0 Å². The molecule has 0 aliphatic heterocycles. The first-order valence-electron chi connectivity index (χ1n) is 6.12. The summed E-state index contributed by atoms with van der Waals surface area (Å²) in [6.45, 7) is 0. The van der Waals surface area contributed by atoms with Crippen LogP contribution >= 0.6 is 0 Å².